The van der Waals surface area contributed by atoms with Crippen molar-refractivity contribution in [2.24, 2.45) is 0 Å². The van der Waals surface area contributed by atoms with Gasteiger partial charge in [-0.1, -0.05) is 62.6 Å². The summed E-state index contributed by atoms with van der Waals surface area (Å²) in [6, 6.07) is 15.9. The fraction of sp³-hybridized carbons (Fsp3) is 0.414. The summed E-state index contributed by atoms with van der Waals surface area (Å²) in [5.74, 6) is 1.53. The summed E-state index contributed by atoms with van der Waals surface area (Å²) >= 11 is 0. The highest BCUT2D eigenvalue weighted by Crippen LogP contribution is 2.35. The van der Waals surface area contributed by atoms with Crippen LogP contribution >= 0.6 is 0 Å². The molecule has 0 saturated carbocycles. The first-order chi connectivity index (χ1) is 16.5. The number of allylic oxidation sites excluding steroid dienone is 1. The van der Waals surface area contributed by atoms with E-state index in [0.29, 0.717) is 37.9 Å². The quantitative estimate of drug-likeness (QED) is 0.204. The van der Waals surface area contributed by atoms with Crippen molar-refractivity contribution in [1.29, 1.82) is 0 Å². The van der Waals surface area contributed by atoms with Crippen molar-refractivity contribution in [2.75, 3.05) is 13.2 Å². The predicted molar refractivity (Wildman–Crippen MR) is 139 cm³/mol. The number of aryl methyl sites for hydroxylation is 1. The summed E-state index contributed by atoms with van der Waals surface area (Å²) in [7, 11) is 0. The average molecular weight is 464 g/mol. The van der Waals surface area contributed by atoms with E-state index in [1.54, 1.807) is 0 Å². The molecule has 0 atom stereocenters. The molecule has 0 aliphatic carbocycles. The van der Waals surface area contributed by atoms with E-state index < -0.39 is 0 Å². The molecule has 0 radical (unpaired) electrons. The lowest BCUT2D eigenvalue weighted by molar-refractivity contribution is 0.274. The number of pyridine rings is 1. The summed E-state index contributed by atoms with van der Waals surface area (Å²) in [5, 5.41) is 0.858. The molecule has 0 aliphatic rings. The van der Waals surface area contributed by atoms with Crippen LogP contribution in [0.15, 0.2) is 65.0 Å². The van der Waals surface area contributed by atoms with Crippen LogP contribution in [-0.4, -0.2) is 17.8 Å². The van der Waals surface area contributed by atoms with Gasteiger partial charge in [-0.2, -0.15) is 0 Å². The first-order valence-electron chi connectivity index (χ1n) is 12.3. The zero-order valence-electron chi connectivity index (χ0n) is 20.9. The molecule has 0 fully saturated rings. The molecular weight excluding hydrogens is 426 g/mol. The van der Waals surface area contributed by atoms with Crippen molar-refractivity contribution >= 4 is 10.9 Å². The normalized spacial score (nSPS) is 10.8. The number of fused-ring (bicyclic) bond motifs is 1. The molecule has 3 aromatic rings. The lowest BCUT2D eigenvalue weighted by atomic mass is 10.1. The van der Waals surface area contributed by atoms with Gasteiger partial charge in [0.25, 0.3) is 5.56 Å². The van der Waals surface area contributed by atoms with Gasteiger partial charge in [0, 0.05) is 18.0 Å². The Balaban J connectivity index is 2.07. The van der Waals surface area contributed by atoms with Crippen LogP contribution in [-0.2, 0) is 13.2 Å². The Morgan fingerprint density at radius 1 is 0.912 bits per heavy atom. The summed E-state index contributed by atoms with van der Waals surface area (Å²) < 4.78 is 20.0. The maximum Gasteiger partial charge on any atom is 0.297 e. The summed E-state index contributed by atoms with van der Waals surface area (Å²) in [4.78, 5) is 13.6. The summed E-state index contributed by atoms with van der Waals surface area (Å²) in [6.45, 7) is 10.2. The van der Waals surface area contributed by atoms with Crippen LogP contribution in [0.2, 0.25) is 0 Å². The van der Waals surface area contributed by atoms with Gasteiger partial charge in [0.1, 0.15) is 19.0 Å². The number of aromatic nitrogens is 1. The number of benzene rings is 2. The fourth-order valence-electron chi connectivity index (χ4n) is 3.63. The first-order valence-corrected chi connectivity index (χ1v) is 12.3. The molecule has 0 saturated heterocycles. The Kier molecular flexibility index (Phi) is 9.62. The molecule has 0 spiro atoms. The number of unbranched alkanes of at least 4 members (excludes halogenated alkanes) is 2. The predicted octanol–water partition coefficient (Wildman–Crippen LogP) is 6.90. The van der Waals surface area contributed by atoms with Crippen molar-refractivity contribution in [2.45, 2.75) is 66.5 Å². The topological polar surface area (TPSA) is 49.7 Å². The number of rotatable bonds is 13. The Morgan fingerprint density at radius 3 is 2.38 bits per heavy atom. The van der Waals surface area contributed by atoms with Gasteiger partial charge >= 0.3 is 0 Å². The van der Waals surface area contributed by atoms with Gasteiger partial charge in [-0.05, 0) is 50.5 Å². The third-order valence-electron chi connectivity index (χ3n) is 5.60. The van der Waals surface area contributed by atoms with Gasteiger partial charge in [0.05, 0.1) is 12.1 Å². The molecule has 182 valence electrons. The maximum absolute atomic E-state index is 13.6. The third-order valence-corrected chi connectivity index (χ3v) is 5.60. The highest BCUT2D eigenvalue weighted by atomic mass is 16.5. The second-order valence-electron chi connectivity index (χ2n) is 8.72. The van der Waals surface area contributed by atoms with Crippen molar-refractivity contribution in [1.82, 2.24) is 4.57 Å². The minimum atomic E-state index is -0.149. The molecule has 0 N–H and O–H groups in total. The molecule has 0 unspecified atom stereocenters. The Bertz CT molecular complexity index is 1140. The molecular formula is C29H37NO4. The second-order valence-corrected chi connectivity index (χ2v) is 8.72. The average Bonchev–Trinajstić information content (AvgIpc) is 2.84. The van der Waals surface area contributed by atoms with Crippen molar-refractivity contribution < 1.29 is 14.2 Å². The molecule has 2 aromatic carbocycles. The van der Waals surface area contributed by atoms with E-state index in [4.69, 9.17) is 14.2 Å². The van der Waals surface area contributed by atoms with E-state index in [9.17, 15) is 4.79 Å². The molecule has 5 nitrogen and oxygen atoms in total. The number of nitrogens with zero attached hydrogens (tertiary/aromatic N) is 1. The molecule has 5 heteroatoms. The van der Waals surface area contributed by atoms with Crippen LogP contribution in [0.4, 0.5) is 0 Å². The molecule has 3 rings (SSSR count). The van der Waals surface area contributed by atoms with Gasteiger partial charge in [-0.25, -0.2) is 0 Å². The first kappa shape index (κ1) is 25.4. The van der Waals surface area contributed by atoms with Crippen LogP contribution in [0.5, 0.6) is 17.2 Å². The van der Waals surface area contributed by atoms with E-state index in [-0.39, 0.29) is 5.56 Å². The van der Waals surface area contributed by atoms with Crippen LogP contribution in [0, 0.1) is 0 Å². The largest absolute Gasteiger partial charge is 0.489 e. The lowest BCUT2D eigenvalue weighted by Crippen LogP contribution is -2.24. The van der Waals surface area contributed by atoms with Gasteiger partial charge < -0.3 is 18.8 Å². The van der Waals surface area contributed by atoms with Crippen LogP contribution in [0.25, 0.3) is 10.9 Å². The highest BCUT2D eigenvalue weighted by Gasteiger charge is 2.20. The Hall–Kier alpha value is -3.21. The number of hydrogen-bond acceptors (Lipinski definition) is 4. The van der Waals surface area contributed by atoms with E-state index in [0.717, 1.165) is 53.5 Å². The van der Waals surface area contributed by atoms with Gasteiger partial charge in [0.2, 0.25) is 5.75 Å². The molecule has 1 aromatic heterocycles. The monoisotopic (exact) mass is 463 g/mol. The fourth-order valence-corrected chi connectivity index (χ4v) is 3.63. The number of hydrogen-bond donors (Lipinski definition) is 0. The lowest BCUT2D eigenvalue weighted by Gasteiger charge is -2.19. The molecule has 1 heterocycles. The molecule has 0 amide bonds. The second kappa shape index (κ2) is 12.9. The van der Waals surface area contributed by atoms with Crippen molar-refractivity contribution in [3.8, 4) is 17.2 Å². The van der Waals surface area contributed by atoms with Crippen molar-refractivity contribution in [3.05, 3.63) is 76.1 Å². The Labute approximate surface area is 203 Å². The third kappa shape index (κ3) is 6.66. The zero-order valence-corrected chi connectivity index (χ0v) is 20.9. The minimum absolute atomic E-state index is 0.149. The smallest absolute Gasteiger partial charge is 0.297 e. The highest BCUT2D eigenvalue weighted by molar-refractivity contribution is 5.89. The Morgan fingerprint density at radius 2 is 1.68 bits per heavy atom. The maximum atomic E-state index is 13.6. The van der Waals surface area contributed by atoms with Crippen LogP contribution < -0.4 is 19.8 Å². The zero-order chi connectivity index (χ0) is 24.3. The van der Waals surface area contributed by atoms with Crippen LogP contribution in [0.1, 0.15) is 58.9 Å². The van der Waals surface area contributed by atoms with E-state index in [2.05, 4.69) is 13.8 Å². The molecule has 34 heavy (non-hydrogen) atoms. The van der Waals surface area contributed by atoms with Gasteiger partial charge in [0.15, 0.2) is 5.75 Å². The molecule has 0 aliphatic heterocycles. The van der Waals surface area contributed by atoms with Crippen molar-refractivity contribution in [3.63, 3.8) is 0 Å². The van der Waals surface area contributed by atoms with Crippen LogP contribution in [0.3, 0.4) is 0 Å². The summed E-state index contributed by atoms with van der Waals surface area (Å²) in [5.41, 5.74) is 2.91. The standard InChI is InChI=1S/C29H37NO4/c1-5-7-17-30-26-20-24(34-21-23-12-10-9-11-13-23)14-15-25(26)27(33-19-16-22(3)4)28(29(30)31)32-18-8-6-2/h9-16,20H,5-8,17-19,21H2,1-4H3. The number of ether oxygens (including phenoxy) is 3. The van der Waals surface area contributed by atoms with Gasteiger partial charge in [-0.3, -0.25) is 4.79 Å². The van der Waals surface area contributed by atoms with Gasteiger partial charge in [-0.15, -0.1) is 0 Å². The molecule has 0 bridgehead atoms. The summed E-state index contributed by atoms with van der Waals surface area (Å²) in [6.07, 6.45) is 5.76. The van der Waals surface area contributed by atoms with E-state index in [1.165, 1.54) is 0 Å². The minimum Gasteiger partial charge on any atom is -0.489 e. The SMILES string of the molecule is CCCCOc1c(OCC=C(C)C)c2ccc(OCc3ccccc3)cc2n(CCCC)c1=O. The van der Waals surface area contributed by atoms with E-state index in [1.807, 2.05) is 73.0 Å². The van der Waals surface area contributed by atoms with E-state index >= 15 is 0 Å².